The molecule has 1 aromatic carbocycles. The maximum Gasteiger partial charge on any atom is 0.337 e. The van der Waals surface area contributed by atoms with Crippen LogP contribution in [0.15, 0.2) is 54.7 Å². The zero-order valence-electron chi connectivity index (χ0n) is 9.41. The number of nitrogens with one attached hydrogen (secondary N) is 1. The van der Waals surface area contributed by atoms with E-state index in [1.807, 2.05) is 6.07 Å². The summed E-state index contributed by atoms with van der Waals surface area (Å²) in [5.41, 5.74) is 3.16. The van der Waals surface area contributed by atoms with Crippen molar-refractivity contribution in [1.82, 2.24) is 10.4 Å². The smallest absolute Gasteiger partial charge is 0.266 e. The molecule has 5 nitrogen and oxygen atoms in total. The van der Waals surface area contributed by atoms with Crippen LogP contribution in [0.4, 0.5) is 5.69 Å². The van der Waals surface area contributed by atoms with E-state index in [1.165, 1.54) is 6.20 Å². The van der Waals surface area contributed by atoms with Crippen molar-refractivity contribution >= 4 is 18.0 Å². The fourth-order valence-electron chi connectivity index (χ4n) is 1.37. The molecule has 0 atom stereocenters. The Hall–Kier alpha value is -2.69. The first-order chi connectivity index (χ1) is 8.81. The van der Waals surface area contributed by atoms with Gasteiger partial charge in [-0.2, -0.15) is 0 Å². The van der Waals surface area contributed by atoms with E-state index < -0.39 is 5.91 Å². The van der Waals surface area contributed by atoms with Gasteiger partial charge in [0.15, 0.2) is 0 Å². The van der Waals surface area contributed by atoms with Crippen molar-refractivity contribution in [2.75, 3.05) is 5.01 Å². The van der Waals surface area contributed by atoms with Gasteiger partial charge in [0.05, 0.1) is 5.69 Å². The maximum atomic E-state index is 11.8. The number of hydrogen-bond acceptors (Lipinski definition) is 3. The summed E-state index contributed by atoms with van der Waals surface area (Å²) in [6.45, 7) is 0. The second kappa shape index (κ2) is 5.58. The molecule has 0 aliphatic rings. The molecule has 0 aliphatic carbocycles. The number of hydrogen-bond donors (Lipinski definition) is 1. The number of pyridine rings is 1. The van der Waals surface area contributed by atoms with Gasteiger partial charge in [-0.3, -0.25) is 20.0 Å². The third-order valence-electron chi connectivity index (χ3n) is 2.22. The van der Waals surface area contributed by atoms with Crippen LogP contribution in [0.1, 0.15) is 10.5 Å². The summed E-state index contributed by atoms with van der Waals surface area (Å²) < 4.78 is 0. The van der Waals surface area contributed by atoms with Crippen LogP contribution in [0.25, 0.3) is 0 Å². The first-order valence-electron chi connectivity index (χ1n) is 5.26. The number of para-hydroxylation sites is 1. The molecule has 0 aliphatic heterocycles. The van der Waals surface area contributed by atoms with Crippen LogP contribution in [0, 0.1) is 0 Å². The standard InChI is InChI=1S/C13H10N3O2/c17-10-16(11-6-2-1-3-7-11)15-13(18)12-8-4-5-9-14-12/h1-9H,(H,15,18). The molecule has 2 rings (SSSR count). The first-order valence-corrected chi connectivity index (χ1v) is 5.26. The molecule has 2 amide bonds. The van der Waals surface area contributed by atoms with Crippen LogP contribution in [0.3, 0.4) is 0 Å². The molecule has 0 fully saturated rings. The molecule has 1 heterocycles. The average molecular weight is 240 g/mol. The normalized spacial score (nSPS) is 9.56. The van der Waals surface area contributed by atoms with Gasteiger partial charge in [-0.1, -0.05) is 24.3 Å². The minimum absolute atomic E-state index is 0.230. The maximum absolute atomic E-state index is 11.8. The number of aromatic nitrogens is 1. The second-order valence-electron chi connectivity index (χ2n) is 3.42. The number of rotatable bonds is 4. The van der Waals surface area contributed by atoms with Gasteiger partial charge in [0.2, 0.25) is 0 Å². The minimum Gasteiger partial charge on any atom is -0.266 e. The van der Waals surface area contributed by atoms with E-state index in [4.69, 9.17) is 0 Å². The number of benzene rings is 1. The number of hydrazine groups is 1. The number of nitrogens with zero attached hydrogens (tertiary/aromatic N) is 2. The van der Waals surface area contributed by atoms with E-state index in [0.29, 0.717) is 5.69 Å². The number of anilines is 1. The van der Waals surface area contributed by atoms with Gasteiger partial charge in [0.1, 0.15) is 5.69 Å². The number of amides is 2. The summed E-state index contributed by atoms with van der Waals surface area (Å²) in [6, 6.07) is 13.7. The molecule has 2 aromatic rings. The molecular weight excluding hydrogens is 230 g/mol. The fraction of sp³-hybridized carbons (Fsp3) is 0. The van der Waals surface area contributed by atoms with Gasteiger partial charge >= 0.3 is 6.41 Å². The minimum atomic E-state index is -0.470. The Morgan fingerprint density at radius 2 is 1.83 bits per heavy atom. The molecule has 0 spiro atoms. The lowest BCUT2D eigenvalue weighted by Gasteiger charge is -2.16. The first kappa shape index (κ1) is 11.8. The molecule has 18 heavy (non-hydrogen) atoms. The highest BCUT2D eigenvalue weighted by Crippen LogP contribution is 2.09. The van der Waals surface area contributed by atoms with E-state index in [-0.39, 0.29) is 5.69 Å². The molecule has 1 N–H and O–H groups in total. The second-order valence-corrected chi connectivity index (χ2v) is 3.42. The van der Waals surface area contributed by atoms with Crippen molar-refractivity contribution in [3.63, 3.8) is 0 Å². The number of carbonyl (C=O) groups is 1. The van der Waals surface area contributed by atoms with E-state index in [0.717, 1.165) is 5.01 Å². The van der Waals surface area contributed by atoms with Crippen LogP contribution in [-0.4, -0.2) is 17.3 Å². The summed E-state index contributed by atoms with van der Waals surface area (Å²) in [4.78, 5) is 26.5. The number of carbonyl (C=O) groups excluding carboxylic acids is 2. The molecule has 1 radical (unpaired) electrons. The van der Waals surface area contributed by atoms with Crippen molar-refractivity contribution in [2.24, 2.45) is 0 Å². The van der Waals surface area contributed by atoms with Crippen LogP contribution >= 0.6 is 0 Å². The lowest BCUT2D eigenvalue weighted by molar-refractivity contribution is 0.0949. The Labute approximate surface area is 104 Å². The largest absolute Gasteiger partial charge is 0.337 e. The molecular formula is C13H10N3O2. The zero-order valence-corrected chi connectivity index (χ0v) is 9.41. The topological polar surface area (TPSA) is 62.3 Å². The van der Waals surface area contributed by atoms with Crippen molar-refractivity contribution in [3.05, 3.63) is 60.4 Å². The Kier molecular flexibility index (Phi) is 3.66. The van der Waals surface area contributed by atoms with E-state index in [1.54, 1.807) is 48.9 Å². The summed E-state index contributed by atoms with van der Waals surface area (Å²) >= 11 is 0. The van der Waals surface area contributed by atoms with Gasteiger partial charge in [-0.15, -0.1) is 0 Å². The Morgan fingerprint density at radius 3 is 2.44 bits per heavy atom. The molecule has 0 bridgehead atoms. The summed E-state index contributed by atoms with van der Waals surface area (Å²) in [5, 5.41) is 0.983. The third-order valence-corrected chi connectivity index (χ3v) is 2.22. The predicted molar refractivity (Wildman–Crippen MR) is 66.3 cm³/mol. The van der Waals surface area contributed by atoms with E-state index >= 15 is 0 Å². The monoisotopic (exact) mass is 240 g/mol. The zero-order chi connectivity index (χ0) is 12.8. The highest BCUT2D eigenvalue weighted by molar-refractivity contribution is 5.95. The van der Waals surface area contributed by atoms with E-state index in [2.05, 4.69) is 10.4 Å². The van der Waals surface area contributed by atoms with E-state index in [9.17, 15) is 9.59 Å². The highest BCUT2D eigenvalue weighted by Gasteiger charge is 2.12. The van der Waals surface area contributed by atoms with Gasteiger partial charge in [0.25, 0.3) is 5.91 Å². The molecule has 1 aromatic heterocycles. The van der Waals surface area contributed by atoms with Gasteiger partial charge in [0, 0.05) is 6.20 Å². The van der Waals surface area contributed by atoms with Crippen LogP contribution < -0.4 is 10.4 Å². The van der Waals surface area contributed by atoms with Crippen molar-refractivity contribution in [3.8, 4) is 0 Å². The van der Waals surface area contributed by atoms with Crippen LogP contribution in [0.2, 0.25) is 0 Å². The quantitative estimate of drug-likeness (QED) is 0.647. The van der Waals surface area contributed by atoms with Crippen LogP contribution in [0.5, 0.6) is 0 Å². The highest BCUT2D eigenvalue weighted by atomic mass is 16.2. The lowest BCUT2D eigenvalue weighted by Crippen LogP contribution is -2.41. The predicted octanol–water partition coefficient (Wildman–Crippen LogP) is 1.30. The third kappa shape index (κ3) is 2.70. The van der Waals surface area contributed by atoms with Gasteiger partial charge in [-0.25, -0.2) is 5.01 Å². The Morgan fingerprint density at radius 1 is 1.11 bits per heavy atom. The summed E-state index contributed by atoms with van der Waals surface area (Å²) in [5.74, 6) is -0.470. The van der Waals surface area contributed by atoms with Crippen LogP contribution in [-0.2, 0) is 4.79 Å². The molecule has 89 valence electrons. The Balaban J connectivity index is 2.13. The van der Waals surface area contributed by atoms with Crippen molar-refractivity contribution < 1.29 is 9.59 Å². The Bertz CT molecular complexity index is 528. The molecule has 0 saturated heterocycles. The van der Waals surface area contributed by atoms with Gasteiger partial charge in [-0.05, 0) is 24.3 Å². The molecule has 0 saturated carbocycles. The average Bonchev–Trinajstić information content (AvgIpc) is 2.46. The fourth-order valence-corrected chi connectivity index (χ4v) is 1.37. The summed E-state index contributed by atoms with van der Waals surface area (Å²) in [6.07, 6.45) is 3.15. The van der Waals surface area contributed by atoms with Crippen molar-refractivity contribution in [2.45, 2.75) is 0 Å². The SMILES string of the molecule is O=[C]N(NC(=O)c1ccccn1)c1ccccc1. The van der Waals surface area contributed by atoms with Gasteiger partial charge < -0.3 is 0 Å². The molecule has 0 unspecified atom stereocenters. The molecule has 5 heteroatoms. The lowest BCUT2D eigenvalue weighted by atomic mass is 10.3. The summed E-state index contributed by atoms with van der Waals surface area (Å²) in [7, 11) is 0. The van der Waals surface area contributed by atoms with Crippen molar-refractivity contribution in [1.29, 1.82) is 0 Å².